The van der Waals surface area contributed by atoms with E-state index in [0.717, 1.165) is 0 Å². The minimum Gasteiger partial charge on any atom is -0.483 e. The van der Waals surface area contributed by atoms with Crippen LogP contribution in [0.25, 0.3) is 5.70 Å². The third-order valence-corrected chi connectivity index (χ3v) is 4.00. The van der Waals surface area contributed by atoms with Crippen molar-refractivity contribution < 1.29 is 22.6 Å². The van der Waals surface area contributed by atoms with Gasteiger partial charge in [0, 0.05) is 25.7 Å². The van der Waals surface area contributed by atoms with E-state index in [1.165, 1.54) is 18.2 Å². The van der Waals surface area contributed by atoms with Gasteiger partial charge in [-0.05, 0) is 38.1 Å². The maximum absolute atomic E-state index is 12.6. The Morgan fingerprint density at radius 2 is 2.04 bits per heavy atom. The Bertz CT molecular complexity index is 824. The highest BCUT2D eigenvalue weighted by Crippen LogP contribution is 2.41. The van der Waals surface area contributed by atoms with Crippen molar-refractivity contribution in [3.63, 3.8) is 0 Å². The fourth-order valence-electron chi connectivity index (χ4n) is 3.01. The lowest BCUT2D eigenvalue weighted by molar-refractivity contribution is -0.274. The highest BCUT2D eigenvalue weighted by Gasteiger charge is 2.36. The zero-order valence-electron chi connectivity index (χ0n) is 14.5. The Kier molecular flexibility index (Phi) is 4.22. The van der Waals surface area contributed by atoms with Crippen molar-refractivity contribution in [2.75, 3.05) is 20.1 Å². The van der Waals surface area contributed by atoms with E-state index >= 15 is 0 Å². The van der Waals surface area contributed by atoms with Crippen LogP contribution in [-0.4, -0.2) is 47.9 Å². The first kappa shape index (κ1) is 17.9. The molecule has 0 aromatic heterocycles. The monoisotopic (exact) mass is 366 g/mol. The second-order valence-corrected chi connectivity index (χ2v) is 6.53. The van der Waals surface area contributed by atoms with Crippen LogP contribution < -0.4 is 9.47 Å². The molecule has 1 fully saturated rings. The number of aliphatic imine (C=N–C) groups is 1. The molecular weight excluding hydrogens is 349 g/mol. The van der Waals surface area contributed by atoms with Crippen LogP contribution in [-0.2, 0) is 0 Å². The zero-order chi connectivity index (χ0) is 19.1. The highest BCUT2D eigenvalue weighted by atomic mass is 19.4. The lowest BCUT2D eigenvalue weighted by Gasteiger charge is -2.34. The number of ether oxygens (including phenoxy) is 2. The second-order valence-electron chi connectivity index (χ2n) is 6.53. The van der Waals surface area contributed by atoms with Gasteiger partial charge in [-0.3, -0.25) is 0 Å². The number of rotatable bonds is 2. The van der Waals surface area contributed by atoms with Gasteiger partial charge in [0.05, 0.1) is 5.70 Å². The van der Waals surface area contributed by atoms with Gasteiger partial charge < -0.3 is 19.3 Å². The predicted octanol–water partition coefficient (Wildman–Crippen LogP) is 3.18. The molecule has 0 amide bonds. The number of alkyl halides is 3. The van der Waals surface area contributed by atoms with Gasteiger partial charge in [0.25, 0.3) is 0 Å². The SMILES string of the molecule is CN1CCN(C2=CC(C)(C)Oc3ccc(OC(F)(F)F)cc32)C1=NC#N. The van der Waals surface area contributed by atoms with Gasteiger partial charge in [-0.25, -0.2) is 0 Å². The van der Waals surface area contributed by atoms with E-state index in [0.29, 0.717) is 36.1 Å². The first-order valence-corrected chi connectivity index (χ1v) is 7.87. The Hall–Kier alpha value is -2.89. The van der Waals surface area contributed by atoms with Crippen LogP contribution in [0.5, 0.6) is 11.5 Å². The molecule has 0 radical (unpaired) electrons. The van der Waals surface area contributed by atoms with Crippen molar-refractivity contribution in [3.05, 3.63) is 29.8 Å². The number of halogens is 3. The molecule has 26 heavy (non-hydrogen) atoms. The minimum atomic E-state index is -4.78. The summed E-state index contributed by atoms with van der Waals surface area (Å²) >= 11 is 0. The number of hydrogen-bond acceptors (Lipinski definition) is 4. The van der Waals surface area contributed by atoms with Crippen molar-refractivity contribution in [2.24, 2.45) is 4.99 Å². The molecule has 0 aliphatic carbocycles. The molecule has 1 aromatic rings. The number of fused-ring (bicyclic) bond motifs is 1. The molecule has 1 saturated heterocycles. The average Bonchev–Trinajstić information content (AvgIpc) is 2.86. The summed E-state index contributed by atoms with van der Waals surface area (Å²) in [4.78, 5) is 7.45. The number of nitrogens with zero attached hydrogens (tertiary/aromatic N) is 4. The normalized spacial score (nSPS) is 20.3. The molecule has 9 heteroatoms. The third-order valence-electron chi connectivity index (χ3n) is 4.00. The number of nitriles is 1. The largest absolute Gasteiger partial charge is 0.573 e. The molecule has 3 rings (SSSR count). The van der Waals surface area contributed by atoms with E-state index in [4.69, 9.17) is 10.00 Å². The summed E-state index contributed by atoms with van der Waals surface area (Å²) < 4.78 is 47.6. The van der Waals surface area contributed by atoms with Crippen LogP contribution in [0.4, 0.5) is 13.2 Å². The Balaban J connectivity index is 2.08. The number of hydrogen-bond donors (Lipinski definition) is 0. The van der Waals surface area contributed by atoms with Crippen LogP contribution in [0.2, 0.25) is 0 Å². The maximum Gasteiger partial charge on any atom is 0.573 e. The maximum atomic E-state index is 12.6. The van der Waals surface area contributed by atoms with Gasteiger partial charge in [-0.2, -0.15) is 5.26 Å². The molecule has 0 N–H and O–H groups in total. The first-order chi connectivity index (χ1) is 12.1. The van der Waals surface area contributed by atoms with E-state index < -0.39 is 12.0 Å². The van der Waals surface area contributed by atoms with Crippen LogP contribution in [0.1, 0.15) is 19.4 Å². The van der Waals surface area contributed by atoms with E-state index in [1.54, 1.807) is 24.2 Å². The molecule has 1 aromatic carbocycles. The van der Waals surface area contributed by atoms with Gasteiger partial charge >= 0.3 is 6.36 Å². The molecule has 0 spiro atoms. The lowest BCUT2D eigenvalue weighted by Crippen LogP contribution is -2.36. The summed E-state index contributed by atoms with van der Waals surface area (Å²) in [5.74, 6) is 0.536. The van der Waals surface area contributed by atoms with Crippen LogP contribution in [0.15, 0.2) is 29.3 Å². The standard InChI is InChI=1S/C17H17F3N4O2/c1-16(2)9-13(24-7-6-23(3)15(24)22-10-21)12-8-11(25-17(18,19)20)4-5-14(12)26-16/h4-5,8-9H,6-7H2,1-3H3. The smallest absolute Gasteiger partial charge is 0.483 e. The van der Waals surface area contributed by atoms with E-state index in [1.807, 2.05) is 18.7 Å². The summed E-state index contributed by atoms with van der Waals surface area (Å²) in [6, 6.07) is 3.95. The summed E-state index contributed by atoms with van der Waals surface area (Å²) in [5.41, 5.74) is 0.405. The molecule has 2 aliphatic heterocycles. The summed E-state index contributed by atoms with van der Waals surface area (Å²) in [7, 11) is 1.80. The van der Waals surface area contributed by atoms with Crippen LogP contribution in [0, 0.1) is 11.5 Å². The quantitative estimate of drug-likeness (QED) is 0.753. The fourth-order valence-corrected chi connectivity index (χ4v) is 3.01. The average molecular weight is 366 g/mol. The van der Waals surface area contributed by atoms with E-state index in [9.17, 15) is 13.2 Å². The van der Waals surface area contributed by atoms with Gasteiger partial charge in [0.15, 0.2) is 0 Å². The molecule has 0 bridgehead atoms. The Labute approximate surface area is 148 Å². The van der Waals surface area contributed by atoms with E-state index in [-0.39, 0.29) is 5.75 Å². The molecule has 0 atom stereocenters. The molecule has 2 heterocycles. The predicted molar refractivity (Wildman–Crippen MR) is 88.2 cm³/mol. The van der Waals surface area contributed by atoms with Gasteiger partial charge in [-0.15, -0.1) is 18.2 Å². The highest BCUT2D eigenvalue weighted by molar-refractivity contribution is 5.93. The van der Waals surface area contributed by atoms with Gasteiger partial charge in [-0.1, -0.05) is 0 Å². The zero-order valence-corrected chi connectivity index (χ0v) is 14.5. The lowest BCUT2D eigenvalue weighted by atomic mass is 9.98. The minimum absolute atomic E-state index is 0.336. The van der Waals surface area contributed by atoms with Crippen molar-refractivity contribution in [1.82, 2.24) is 9.80 Å². The summed E-state index contributed by atoms with van der Waals surface area (Å²) in [6.07, 6.45) is -1.21. The number of guanidine groups is 1. The topological polar surface area (TPSA) is 61.1 Å². The van der Waals surface area contributed by atoms with Crippen molar-refractivity contribution >= 4 is 11.7 Å². The molecular formula is C17H17F3N4O2. The second kappa shape index (κ2) is 6.12. The fraction of sp³-hybridized carbons (Fsp3) is 0.412. The summed E-state index contributed by atoms with van der Waals surface area (Å²) in [6.45, 7) is 4.86. The van der Waals surface area contributed by atoms with Crippen LogP contribution in [0.3, 0.4) is 0 Å². The molecule has 0 saturated carbocycles. The van der Waals surface area contributed by atoms with Crippen molar-refractivity contribution in [2.45, 2.75) is 25.8 Å². The van der Waals surface area contributed by atoms with Gasteiger partial charge in [0.1, 0.15) is 17.1 Å². The first-order valence-electron chi connectivity index (χ1n) is 7.87. The number of benzene rings is 1. The Morgan fingerprint density at radius 1 is 1.31 bits per heavy atom. The van der Waals surface area contributed by atoms with Crippen LogP contribution >= 0.6 is 0 Å². The molecule has 0 unspecified atom stereocenters. The number of likely N-dealkylation sites (N-methyl/N-ethyl adjacent to an activating group) is 1. The molecule has 2 aliphatic rings. The third kappa shape index (κ3) is 3.54. The van der Waals surface area contributed by atoms with Crippen molar-refractivity contribution in [3.8, 4) is 17.7 Å². The molecule has 138 valence electrons. The van der Waals surface area contributed by atoms with Crippen molar-refractivity contribution in [1.29, 1.82) is 5.26 Å². The molecule has 6 nitrogen and oxygen atoms in total. The van der Waals surface area contributed by atoms with E-state index in [2.05, 4.69) is 9.73 Å². The summed E-state index contributed by atoms with van der Waals surface area (Å²) in [5, 5.41) is 8.95. The van der Waals surface area contributed by atoms with Gasteiger partial charge in [0.2, 0.25) is 12.2 Å². The Morgan fingerprint density at radius 3 is 2.69 bits per heavy atom.